The molecule has 7 heteroatoms. The molecular formula is C12H17ClN2O3S. The summed E-state index contributed by atoms with van der Waals surface area (Å²) in [5.74, 6) is -0.0902. The summed E-state index contributed by atoms with van der Waals surface area (Å²) in [4.78, 5) is 10.7. The van der Waals surface area contributed by atoms with Crippen LogP contribution in [-0.4, -0.2) is 33.0 Å². The van der Waals surface area contributed by atoms with Crippen molar-refractivity contribution >= 4 is 34.2 Å². The zero-order valence-corrected chi connectivity index (χ0v) is 11.9. The number of hydrogen-bond donors (Lipinski definition) is 3. The molecule has 0 radical (unpaired) electrons. The van der Waals surface area contributed by atoms with Crippen molar-refractivity contribution in [3.8, 4) is 0 Å². The van der Waals surface area contributed by atoms with Crippen LogP contribution in [0.2, 0.25) is 0 Å². The Morgan fingerprint density at radius 3 is 2.89 bits per heavy atom. The molecule has 106 valence electrons. The van der Waals surface area contributed by atoms with Crippen LogP contribution in [0.25, 0.3) is 0 Å². The highest BCUT2D eigenvalue weighted by molar-refractivity contribution is 7.86. The van der Waals surface area contributed by atoms with Crippen LogP contribution in [0.1, 0.15) is 12.0 Å². The zero-order valence-electron chi connectivity index (χ0n) is 10.3. The van der Waals surface area contributed by atoms with E-state index in [4.69, 9.17) is 22.4 Å². The van der Waals surface area contributed by atoms with Crippen molar-refractivity contribution in [1.82, 2.24) is 0 Å². The van der Waals surface area contributed by atoms with Crippen molar-refractivity contribution in [2.45, 2.75) is 18.9 Å². The van der Waals surface area contributed by atoms with Gasteiger partial charge in [0.1, 0.15) is 17.0 Å². The average Bonchev–Trinajstić information content (AvgIpc) is 2.36. The minimum Gasteiger partial charge on any atom is -0.480 e. The van der Waals surface area contributed by atoms with Gasteiger partial charge in [-0.2, -0.15) is 0 Å². The van der Waals surface area contributed by atoms with Crippen molar-refractivity contribution in [1.29, 1.82) is 0 Å². The van der Waals surface area contributed by atoms with Gasteiger partial charge in [-0.05, 0) is 30.5 Å². The molecule has 1 aromatic carbocycles. The number of anilines is 1. The van der Waals surface area contributed by atoms with E-state index in [1.165, 1.54) is 0 Å². The van der Waals surface area contributed by atoms with Crippen molar-refractivity contribution < 1.29 is 14.1 Å². The lowest BCUT2D eigenvalue weighted by atomic mass is 10.1. The highest BCUT2D eigenvalue weighted by Crippen LogP contribution is 2.13. The Hall–Kier alpha value is -1.11. The number of aliphatic carboxylic acids is 1. The predicted octanol–water partition coefficient (Wildman–Crippen LogP) is 1.35. The topological polar surface area (TPSA) is 92.4 Å². The second kappa shape index (κ2) is 8.14. The van der Waals surface area contributed by atoms with E-state index in [9.17, 15) is 9.00 Å². The van der Waals surface area contributed by atoms with Gasteiger partial charge in [-0.1, -0.05) is 12.1 Å². The summed E-state index contributed by atoms with van der Waals surface area (Å²) in [5.41, 5.74) is 6.94. The van der Waals surface area contributed by atoms with E-state index in [0.29, 0.717) is 23.7 Å². The number of rotatable bonds is 8. The van der Waals surface area contributed by atoms with E-state index in [0.717, 1.165) is 5.56 Å². The number of nitrogens with two attached hydrogens (primary N) is 1. The molecule has 2 atom stereocenters. The van der Waals surface area contributed by atoms with E-state index in [1.54, 1.807) is 24.3 Å². The molecule has 0 saturated heterocycles. The first kappa shape index (κ1) is 15.9. The number of benzene rings is 1. The van der Waals surface area contributed by atoms with Crippen molar-refractivity contribution in [3.05, 3.63) is 29.8 Å². The molecule has 0 fully saturated rings. The molecule has 1 unspecified atom stereocenters. The maximum atomic E-state index is 11.6. The molecule has 0 saturated carbocycles. The summed E-state index contributed by atoms with van der Waals surface area (Å²) in [6.45, 7) is 0. The first-order valence-corrected chi connectivity index (χ1v) is 7.66. The van der Waals surface area contributed by atoms with Gasteiger partial charge < -0.3 is 15.6 Å². The van der Waals surface area contributed by atoms with Crippen LogP contribution >= 0.6 is 11.6 Å². The Balaban J connectivity index is 2.61. The first-order valence-electron chi connectivity index (χ1n) is 5.81. The Morgan fingerprint density at radius 1 is 1.53 bits per heavy atom. The minimum atomic E-state index is -1.18. The highest BCUT2D eigenvalue weighted by atomic mass is 35.5. The third-order valence-electron chi connectivity index (χ3n) is 2.39. The summed E-state index contributed by atoms with van der Waals surface area (Å²) in [6.07, 6.45) is 0.907. The smallest absolute Gasteiger partial charge is 0.320 e. The second-order valence-corrected chi connectivity index (χ2v) is 5.72. The van der Waals surface area contributed by atoms with E-state index >= 15 is 0 Å². The third kappa shape index (κ3) is 6.04. The highest BCUT2D eigenvalue weighted by Gasteiger charge is 2.12. The number of alkyl halides is 1. The second-order valence-electron chi connectivity index (χ2n) is 4.04. The molecule has 19 heavy (non-hydrogen) atoms. The quantitative estimate of drug-likeness (QED) is 0.632. The largest absolute Gasteiger partial charge is 0.480 e. The van der Waals surface area contributed by atoms with Crippen LogP contribution in [0, 0.1) is 0 Å². The molecule has 1 rings (SSSR count). The Morgan fingerprint density at radius 2 is 2.26 bits per heavy atom. The van der Waals surface area contributed by atoms with Gasteiger partial charge in [0, 0.05) is 17.3 Å². The normalized spacial score (nSPS) is 13.8. The molecule has 4 N–H and O–H groups in total. The Kier molecular flexibility index (Phi) is 6.83. The molecule has 0 aliphatic rings. The predicted molar refractivity (Wildman–Crippen MR) is 77.7 cm³/mol. The van der Waals surface area contributed by atoms with Gasteiger partial charge >= 0.3 is 5.97 Å². The molecule has 5 nitrogen and oxygen atoms in total. The van der Waals surface area contributed by atoms with E-state index < -0.39 is 23.0 Å². The van der Waals surface area contributed by atoms with Crippen molar-refractivity contribution in [2.75, 3.05) is 16.4 Å². The number of nitrogens with one attached hydrogen (secondary N) is 1. The molecule has 0 aromatic heterocycles. The zero-order chi connectivity index (χ0) is 14.3. The SMILES string of the molecule is N[C@@H](Cc1cccc(NS(=O)CCCCl)c1)C(=O)O. The van der Waals surface area contributed by atoms with E-state index in [2.05, 4.69) is 4.72 Å². The van der Waals surface area contributed by atoms with Gasteiger partial charge in [-0.15, -0.1) is 11.6 Å². The fraction of sp³-hybridized carbons (Fsp3) is 0.417. The Labute approximate surface area is 119 Å². The maximum Gasteiger partial charge on any atom is 0.320 e. The van der Waals surface area contributed by atoms with Crippen LogP contribution in [0.15, 0.2) is 24.3 Å². The molecule has 0 bridgehead atoms. The van der Waals surface area contributed by atoms with Crippen LogP contribution in [-0.2, 0) is 22.2 Å². The monoisotopic (exact) mass is 304 g/mol. The summed E-state index contributed by atoms with van der Waals surface area (Å²) >= 11 is 5.53. The first-order chi connectivity index (χ1) is 9.02. The lowest BCUT2D eigenvalue weighted by molar-refractivity contribution is -0.138. The number of carboxylic acid groups (broad SMARTS) is 1. The van der Waals surface area contributed by atoms with Crippen molar-refractivity contribution in [3.63, 3.8) is 0 Å². The van der Waals surface area contributed by atoms with Gasteiger partial charge in [-0.25, -0.2) is 4.21 Å². The molecule has 0 heterocycles. The van der Waals surface area contributed by atoms with Gasteiger partial charge in [0.15, 0.2) is 0 Å². The third-order valence-corrected chi connectivity index (χ3v) is 3.78. The number of hydrogen-bond acceptors (Lipinski definition) is 3. The van der Waals surface area contributed by atoms with Crippen LogP contribution in [0.5, 0.6) is 0 Å². The number of carbonyl (C=O) groups is 1. The molecule has 0 amide bonds. The molecule has 0 spiro atoms. The lowest BCUT2D eigenvalue weighted by Gasteiger charge is -2.09. The van der Waals surface area contributed by atoms with E-state index in [1.807, 2.05) is 0 Å². The number of halogens is 1. The van der Waals surface area contributed by atoms with Gasteiger partial charge in [-0.3, -0.25) is 4.79 Å². The fourth-order valence-electron chi connectivity index (χ4n) is 1.47. The average molecular weight is 305 g/mol. The lowest BCUT2D eigenvalue weighted by Crippen LogP contribution is -2.32. The molecule has 1 aromatic rings. The fourth-order valence-corrected chi connectivity index (χ4v) is 2.66. The van der Waals surface area contributed by atoms with Crippen LogP contribution < -0.4 is 10.5 Å². The minimum absolute atomic E-state index is 0.235. The summed E-state index contributed by atoms with van der Waals surface area (Å²) < 4.78 is 14.5. The standard InChI is InChI=1S/C12H17ClN2O3S/c13-5-2-6-19(18)15-10-4-1-3-9(7-10)8-11(14)12(16)17/h1,3-4,7,11,15H,2,5-6,8,14H2,(H,16,17)/t11-,19?/m0/s1. The summed E-state index contributed by atoms with van der Waals surface area (Å²) in [7, 11) is -1.18. The van der Waals surface area contributed by atoms with Crippen LogP contribution in [0.4, 0.5) is 5.69 Å². The molecule has 0 aliphatic carbocycles. The van der Waals surface area contributed by atoms with Crippen molar-refractivity contribution in [2.24, 2.45) is 5.73 Å². The van der Waals surface area contributed by atoms with Gasteiger partial charge in [0.05, 0.1) is 0 Å². The van der Waals surface area contributed by atoms with Gasteiger partial charge in [0.25, 0.3) is 0 Å². The summed E-state index contributed by atoms with van der Waals surface area (Å²) in [5, 5.41) is 8.75. The Bertz CT molecular complexity index is 456. The molecular weight excluding hydrogens is 288 g/mol. The van der Waals surface area contributed by atoms with Crippen LogP contribution in [0.3, 0.4) is 0 Å². The van der Waals surface area contributed by atoms with Gasteiger partial charge in [0.2, 0.25) is 0 Å². The molecule has 0 aliphatic heterocycles. The number of carboxylic acids is 1. The maximum absolute atomic E-state index is 11.6. The summed E-state index contributed by atoms with van der Waals surface area (Å²) in [6, 6.07) is 6.15. The van der Waals surface area contributed by atoms with E-state index in [-0.39, 0.29) is 6.42 Å².